The van der Waals surface area contributed by atoms with Crippen LogP contribution in [0.4, 0.5) is 22.7 Å². The highest BCUT2D eigenvalue weighted by Crippen LogP contribution is 2.28. The van der Waals surface area contributed by atoms with Crippen molar-refractivity contribution in [2.24, 2.45) is 0 Å². The van der Waals surface area contributed by atoms with Gasteiger partial charge in [0.05, 0.1) is 0 Å². The van der Waals surface area contributed by atoms with Crippen LogP contribution >= 0.6 is 0 Å². The van der Waals surface area contributed by atoms with Gasteiger partial charge in [-0.15, -0.1) is 0 Å². The number of benzene rings is 4. The number of nitrogens with two attached hydrogens (primary N) is 4. The van der Waals surface area contributed by atoms with E-state index in [9.17, 15) is 0 Å². The lowest BCUT2D eigenvalue weighted by Gasteiger charge is -2.10. The zero-order chi connectivity index (χ0) is 24.8. The summed E-state index contributed by atoms with van der Waals surface area (Å²) < 4.78 is 0. The van der Waals surface area contributed by atoms with Gasteiger partial charge in [0, 0.05) is 22.7 Å². The van der Waals surface area contributed by atoms with E-state index in [4.69, 9.17) is 22.9 Å². The van der Waals surface area contributed by atoms with Crippen molar-refractivity contribution in [2.75, 3.05) is 22.9 Å². The maximum Gasteiger partial charge on any atom is 0.0346 e. The number of hydrogen-bond donors (Lipinski definition) is 4. The monoisotopic (exact) mass is 452 g/mol. The molecule has 4 aromatic carbocycles. The zero-order valence-corrected chi connectivity index (χ0v) is 20.7. The first-order valence-electron chi connectivity index (χ1n) is 11.7. The van der Waals surface area contributed by atoms with E-state index in [1.165, 1.54) is 33.4 Å². The third kappa shape index (κ3) is 5.70. The van der Waals surface area contributed by atoms with Crippen molar-refractivity contribution < 1.29 is 0 Å². The predicted molar refractivity (Wildman–Crippen MR) is 150 cm³/mol. The van der Waals surface area contributed by atoms with Crippen LogP contribution in [0, 0.1) is 13.8 Å². The molecule has 0 radical (unpaired) electrons. The SMILES string of the molecule is CCc1cc(-c2ccc(N)c(CC)c2)ccc1N.Cc1cc(-c2ccc(N)c(C)c2)ccc1N. The van der Waals surface area contributed by atoms with Gasteiger partial charge >= 0.3 is 0 Å². The van der Waals surface area contributed by atoms with Crippen molar-refractivity contribution in [1.82, 2.24) is 0 Å². The minimum atomic E-state index is 0.830. The molecule has 4 rings (SSSR count). The topological polar surface area (TPSA) is 104 Å². The number of aryl methyl sites for hydroxylation is 4. The third-order valence-corrected chi connectivity index (χ3v) is 6.25. The van der Waals surface area contributed by atoms with Crippen LogP contribution in [-0.2, 0) is 12.8 Å². The van der Waals surface area contributed by atoms with Gasteiger partial charge < -0.3 is 22.9 Å². The van der Waals surface area contributed by atoms with E-state index in [1.54, 1.807) is 0 Å². The Morgan fingerprint density at radius 3 is 1.03 bits per heavy atom. The highest BCUT2D eigenvalue weighted by Gasteiger charge is 2.05. The van der Waals surface area contributed by atoms with E-state index >= 15 is 0 Å². The fourth-order valence-electron chi connectivity index (χ4n) is 3.89. The quantitative estimate of drug-likeness (QED) is 0.256. The van der Waals surface area contributed by atoms with E-state index in [-0.39, 0.29) is 0 Å². The van der Waals surface area contributed by atoms with Crippen LogP contribution in [-0.4, -0.2) is 0 Å². The number of hydrogen-bond acceptors (Lipinski definition) is 4. The summed E-state index contributed by atoms with van der Waals surface area (Å²) in [6, 6.07) is 24.6. The van der Waals surface area contributed by atoms with Gasteiger partial charge in [0.15, 0.2) is 0 Å². The summed E-state index contributed by atoms with van der Waals surface area (Å²) in [5.74, 6) is 0. The normalized spacial score (nSPS) is 10.5. The first-order valence-corrected chi connectivity index (χ1v) is 11.7. The Morgan fingerprint density at radius 2 is 0.735 bits per heavy atom. The second-order valence-corrected chi connectivity index (χ2v) is 8.68. The van der Waals surface area contributed by atoms with Gasteiger partial charge in [-0.2, -0.15) is 0 Å². The van der Waals surface area contributed by atoms with Crippen LogP contribution in [0.25, 0.3) is 22.3 Å². The molecule has 0 heterocycles. The molecule has 0 fully saturated rings. The Morgan fingerprint density at radius 1 is 0.441 bits per heavy atom. The minimum absolute atomic E-state index is 0.830. The summed E-state index contributed by atoms with van der Waals surface area (Å²) in [4.78, 5) is 0. The zero-order valence-electron chi connectivity index (χ0n) is 20.7. The summed E-state index contributed by atoms with van der Waals surface area (Å²) in [6.07, 6.45) is 1.91. The summed E-state index contributed by atoms with van der Waals surface area (Å²) in [5.41, 5.74) is 36.2. The van der Waals surface area contributed by atoms with Crippen LogP contribution in [0.5, 0.6) is 0 Å². The lowest BCUT2D eigenvalue weighted by atomic mass is 9.98. The molecular formula is C30H36N4. The highest BCUT2D eigenvalue weighted by molar-refractivity contribution is 5.71. The molecule has 4 nitrogen and oxygen atoms in total. The molecule has 0 unspecified atom stereocenters. The lowest BCUT2D eigenvalue weighted by molar-refractivity contribution is 1.14. The van der Waals surface area contributed by atoms with Gasteiger partial charge in [0.2, 0.25) is 0 Å². The maximum atomic E-state index is 5.94. The average molecular weight is 453 g/mol. The van der Waals surface area contributed by atoms with Gasteiger partial charge in [0.1, 0.15) is 0 Å². The molecule has 176 valence electrons. The van der Waals surface area contributed by atoms with Crippen LogP contribution in [0.15, 0.2) is 72.8 Å². The Hall–Kier alpha value is -3.92. The van der Waals surface area contributed by atoms with Crippen molar-refractivity contribution >= 4 is 22.7 Å². The summed E-state index contributed by atoms with van der Waals surface area (Å²) in [7, 11) is 0. The van der Waals surface area contributed by atoms with E-state index < -0.39 is 0 Å². The largest absolute Gasteiger partial charge is 0.399 e. The molecule has 0 bridgehead atoms. The summed E-state index contributed by atoms with van der Waals surface area (Å²) >= 11 is 0. The molecule has 34 heavy (non-hydrogen) atoms. The van der Waals surface area contributed by atoms with Crippen LogP contribution in [0.1, 0.15) is 36.1 Å². The first kappa shape index (κ1) is 24.7. The Bertz CT molecular complexity index is 1190. The van der Waals surface area contributed by atoms with E-state index in [1.807, 2.05) is 50.2 Å². The summed E-state index contributed by atoms with van der Waals surface area (Å²) in [6.45, 7) is 8.28. The Labute approximate surface area is 203 Å². The second kappa shape index (κ2) is 10.8. The van der Waals surface area contributed by atoms with Crippen molar-refractivity contribution in [3.63, 3.8) is 0 Å². The molecule has 0 aromatic heterocycles. The van der Waals surface area contributed by atoms with Crippen LogP contribution in [0.2, 0.25) is 0 Å². The second-order valence-electron chi connectivity index (χ2n) is 8.68. The van der Waals surface area contributed by atoms with Crippen molar-refractivity contribution in [1.29, 1.82) is 0 Å². The van der Waals surface area contributed by atoms with E-state index in [0.29, 0.717) is 0 Å². The first-order chi connectivity index (χ1) is 16.2. The maximum absolute atomic E-state index is 5.94. The van der Waals surface area contributed by atoms with Gasteiger partial charge in [0.25, 0.3) is 0 Å². The van der Waals surface area contributed by atoms with Crippen molar-refractivity contribution in [3.05, 3.63) is 95.1 Å². The lowest BCUT2D eigenvalue weighted by Crippen LogP contribution is -1.95. The highest BCUT2D eigenvalue weighted by atomic mass is 14.6. The number of nitrogen functional groups attached to an aromatic ring is 4. The Balaban J connectivity index is 0.000000192. The van der Waals surface area contributed by atoms with Crippen LogP contribution in [0.3, 0.4) is 0 Å². The average Bonchev–Trinajstić information content (AvgIpc) is 2.84. The number of anilines is 4. The fourth-order valence-corrected chi connectivity index (χ4v) is 3.89. The molecule has 0 aliphatic carbocycles. The molecule has 0 saturated heterocycles. The van der Waals surface area contributed by atoms with Crippen molar-refractivity contribution in [3.8, 4) is 22.3 Å². The van der Waals surface area contributed by atoms with E-state index in [2.05, 4.69) is 50.2 Å². The van der Waals surface area contributed by atoms with Crippen molar-refractivity contribution in [2.45, 2.75) is 40.5 Å². The summed E-state index contributed by atoms with van der Waals surface area (Å²) in [5, 5.41) is 0. The van der Waals surface area contributed by atoms with Gasteiger partial charge in [-0.3, -0.25) is 0 Å². The standard InChI is InChI=1S/C16H20N2.C14H16N2/c1-3-11-9-13(5-7-15(11)17)14-6-8-16(18)12(4-2)10-14;1-9-7-11(3-5-13(9)15)12-4-6-14(16)10(2)8-12/h5-10H,3-4,17-18H2,1-2H3;3-8H,15-16H2,1-2H3. The number of rotatable bonds is 4. The molecule has 4 heteroatoms. The van der Waals surface area contributed by atoms with Gasteiger partial charge in [-0.05, 0) is 120 Å². The smallest absolute Gasteiger partial charge is 0.0346 e. The molecule has 8 N–H and O–H groups in total. The molecule has 4 aromatic rings. The molecule has 0 saturated carbocycles. The van der Waals surface area contributed by atoms with E-state index in [0.717, 1.165) is 46.7 Å². The van der Waals surface area contributed by atoms with Crippen LogP contribution < -0.4 is 22.9 Å². The third-order valence-electron chi connectivity index (χ3n) is 6.25. The fraction of sp³-hybridized carbons (Fsp3) is 0.200. The molecule has 0 atom stereocenters. The predicted octanol–water partition coefficient (Wildman–Crippen LogP) is 6.78. The molecular weight excluding hydrogens is 416 g/mol. The molecule has 0 amide bonds. The molecule has 0 aliphatic rings. The minimum Gasteiger partial charge on any atom is -0.399 e. The van der Waals surface area contributed by atoms with Gasteiger partial charge in [-0.25, -0.2) is 0 Å². The molecule has 0 spiro atoms. The Kier molecular flexibility index (Phi) is 7.85. The van der Waals surface area contributed by atoms with Gasteiger partial charge in [-0.1, -0.05) is 38.1 Å². The molecule has 0 aliphatic heterocycles.